The molecule has 8 aromatic rings. The molecule has 0 fully saturated rings. The maximum atomic E-state index is 16.4. The molecule has 284 valence electrons. The highest BCUT2D eigenvalue weighted by atomic mass is 32.1. The number of para-hydroxylation sites is 4. The van der Waals surface area contributed by atoms with Crippen molar-refractivity contribution in [1.82, 2.24) is 0 Å². The number of anilines is 6. The Bertz CT molecular complexity index is 2530. The second-order valence-corrected chi connectivity index (χ2v) is 16.4. The van der Waals surface area contributed by atoms with Crippen molar-refractivity contribution in [2.24, 2.45) is 0 Å². The average Bonchev–Trinajstić information content (AvgIpc) is 3.74. The van der Waals surface area contributed by atoms with Gasteiger partial charge in [0.15, 0.2) is 0 Å². The van der Waals surface area contributed by atoms with Crippen LogP contribution in [0.1, 0.15) is 20.9 Å². The molecular formula is C47H32F6N2S2. The summed E-state index contributed by atoms with van der Waals surface area (Å²) < 4.78 is 98.3. The van der Waals surface area contributed by atoms with Gasteiger partial charge in [-0.3, -0.25) is 0 Å². The van der Waals surface area contributed by atoms with Crippen LogP contribution in [-0.2, 0) is 0 Å². The Labute approximate surface area is 333 Å². The lowest BCUT2D eigenvalue weighted by atomic mass is 9.91. The van der Waals surface area contributed by atoms with Gasteiger partial charge in [-0.05, 0) is 86.6 Å². The first-order chi connectivity index (χ1) is 27.4. The predicted molar refractivity (Wildman–Crippen MR) is 224 cm³/mol. The van der Waals surface area contributed by atoms with Gasteiger partial charge in [-0.1, -0.05) is 84.9 Å². The highest BCUT2D eigenvalue weighted by molar-refractivity contribution is 7.19. The van der Waals surface area contributed by atoms with Gasteiger partial charge in [0.2, 0.25) is 0 Å². The largest absolute Gasteiger partial charge is 0.380 e. The van der Waals surface area contributed by atoms with E-state index in [4.69, 9.17) is 0 Å². The summed E-state index contributed by atoms with van der Waals surface area (Å²) in [7, 11) is 0. The molecule has 0 bridgehead atoms. The van der Waals surface area contributed by atoms with Crippen LogP contribution in [0.3, 0.4) is 0 Å². The summed E-state index contributed by atoms with van der Waals surface area (Å²) >= 11 is 2.22. The van der Waals surface area contributed by atoms with E-state index < -0.39 is 28.9 Å². The summed E-state index contributed by atoms with van der Waals surface area (Å²) in [5.74, 6) is -16.1. The molecule has 6 aromatic carbocycles. The second kappa shape index (κ2) is 13.7. The van der Waals surface area contributed by atoms with E-state index in [1.807, 2.05) is 131 Å². The van der Waals surface area contributed by atoms with Crippen LogP contribution in [0, 0.1) is 13.8 Å². The van der Waals surface area contributed by atoms with Gasteiger partial charge in [-0.2, -0.15) is 26.3 Å². The van der Waals surface area contributed by atoms with Crippen molar-refractivity contribution in [2.75, 3.05) is 9.80 Å². The van der Waals surface area contributed by atoms with Crippen LogP contribution in [0.4, 0.5) is 60.5 Å². The van der Waals surface area contributed by atoms with E-state index in [2.05, 4.69) is 0 Å². The maximum absolute atomic E-state index is 16.4. The van der Waals surface area contributed by atoms with Gasteiger partial charge in [-0.15, -0.1) is 22.7 Å². The zero-order valence-corrected chi connectivity index (χ0v) is 32.1. The smallest absolute Gasteiger partial charge is 0.310 e. The number of fused-ring (bicyclic) bond motifs is 2. The van der Waals surface area contributed by atoms with Crippen molar-refractivity contribution in [3.8, 4) is 0 Å². The summed E-state index contributed by atoms with van der Waals surface area (Å²) in [5.41, 5.74) is 1.46. The van der Waals surface area contributed by atoms with Crippen molar-refractivity contribution in [3.05, 3.63) is 179 Å². The minimum Gasteiger partial charge on any atom is -0.310 e. The summed E-state index contributed by atoms with van der Waals surface area (Å²) in [6.07, 6.45) is 0. The Morgan fingerprint density at radius 2 is 0.684 bits per heavy atom. The van der Waals surface area contributed by atoms with Crippen molar-refractivity contribution >= 4 is 88.1 Å². The number of halogens is 6. The number of alkyl halides is 6. The molecule has 0 unspecified atom stereocenters. The van der Waals surface area contributed by atoms with Crippen molar-refractivity contribution in [1.29, 1.82) is 0 Å². The summed E-state index contributed by atoms with van der Waals surface area (Å²) in [4.78, 5) is 4.43. The molecule has 0 saturated carbocycles. The SMILES string of the molecule is Cc1sc2cc(N(c3ccccc3)c3ccccc3)ccc2c1C1=C(c2c(C)sc3cc(N(c4ccccc4)c4ccccc4)ccc23)C(F)(F)C(F)(F)C1(F)F. The fourth-order valence-electron chi connectivity index (χ4n) is 7.91. The van der Waals surface area contributed by atoms with E-state index in [0.29, 0.717) is 20.8 Å². The predicted octanol–water partition coefficient (Wildman–Crippen LogP) is 15.5. The van der Waals surface area contributed by atoms with Gasteiger partial charge in [-0.25, -0.2) is 0 Å². The number of benzene rings is 6. The lowest BCUT2D eigenvalue weighted by Gasteiger charge is -2.26. The van der Waals surface area contributed by atoms with Gasteiger partial charge in [0.25, 0.3) is 0 Å². The minimum atomic E-state index is -5.69. The Kier molecular flexibility index (Phi) is 8.82. The lowest BCUT2D eigenvalue weighted by molar-refractivity contribution is -0.254. The molecule has 0 aliphatic heterocycles. The highest BCUT2D eigenvalue weighted by Gasteiger charge is 2.80. The summed E-state index contributed by atoms with van der Waals surface area (Å²) in [6.45, 7) is 3.04. The Morgan fingerprint density at radius 1 is 0.386 bits per heavy atom. The summed E-state index contributed by atoms with van der Waals surface area (Å²) in [6, 6.07) is 48.3. The second-order valence-electron chi connectivity index (χ2n) is 13.9. The minimum absolute atomic E-state index is 0.198. The number of rotatable bonds is 8. The molecule has 57 heavy (non-hydrogen) atoms. The lowest BCUT2D eigenvalue weighted by Crippen LogP contribution is -2.48. The molecule has 9 rings (SSSR count). The third-order valence-electron chi connectivity index (χ3n) is 10.4. The van der Waals surface area contributed by atoms with Crippen LogP contribution in [-0.4, -0.2) is 17.8 Å². The van der Waals surface area contributed by atoms with Gasteiger partial charge in [0.1, 0.15) is 0 Å². The van der Waals surface area contributed by atoms with Crippen LogP contribution < -0.4 is 9.80 Å². The normalized spacial score (nSPS) is 15.7. The number of thiophene rings is 2. The molecule has 10 heteroatoms. The quantitative estimate of drug-likeness (QED) is 0.141. The number of hydrogen-bond donors (Lipinski definition) is 0. The standard InChI is InChI=1S/C47H32F6N2S2/c1-29-41(37-25-23-35(27-39(37)56-29)54(31-15-7-3-8-16-31)32-17-9-4-10-18-32)43-44(46(50,51)47(52,53)45(43,48)49)42-30(2)57-40-28-36(24-26-38(40)42)55(33-19-11-5-12-20-33)34-21-13-6-14-22-34/h3-28H,1-2H3. The molecule has 1 aliphatic rings. The number of nitrogens with zero attached hydrogens (tertiary/aromatic N) is 2. The van der Waals surface area contributed by atoms with E-state index in [9.17, 15) is 0 Å². The molecule has 0 saturated heterocycles. The number of allylic oxidation sites excluding steroid dienone is 2. The Morgan fingerprint density at radius 3 is 0.982 bits per heavy atom. The van der Waals surface area contributed by atoms with E-state index in [0.717, 1.165) is 45.4 Å². The fourth-order valence-corrected chi connectivity index (χ4v) is 10.1. The van der Waals surface area contributed by atoms with Crippen LogP contribution >= 0.6 is 22.7 Å². The van der Waals surface area contributed by atoms with E-state index in [1.54, 1.807) is 36.4 Å². The van der Waals surface area contributed by atoms with Crippen LogP contribution in [0.2, 0.25) is 0 Å². The molecule has 0 atom stereocenters. The molecule has 2 heterocycles. The van der Waals surface area contributed by atoms with E-state index in [-0.39, 0.29) is 31.7 Å². The van der Waals surface area contributed by atoms with Crippen LogP contribution in [0.25, 0.3) is 31.3 Å². The Balaban J connectivity index is 1.24. The molecule has 0 radical (unpaired) electrons. The molecule has 2 nitrogen and oxygen atoms in total. The first-order valence-corrected chi connectivity index (χ1v) is 19.8. The Hall–Kier alpha value is -5.84. The molecule has 0 spiro atoms. The highest BCUT2D eigenvalue weighted by Crippen LogP contribution is 2.67. The molecular weight excluding hydrogens is 771 g/mol. The maximum Gasteiger partial charge on any atom is 0.380 e. The fraction of sp³-hybridized carbons (Fsp3) is 0.106. The molecule has 0 N–H and O–H groups in total. The zero-order valence-electron chi connectivity index (χ0n) is 30.5. The van der Waals surface area contributed by atoms with Crippen LogP contribution in [0.15, 0.2) is 158 Å². The van der Waals surface area contributed by atoms with E-state index >= 15 is 26.3 Å². The molecule has 2 aromatic heterocycles. The molecule has 0 amide bonds. The van der Waals surface area contributed by atoms with E-state index in [1.165, 1.54) is 13.8 Å². The van der Waals surface area contributed by atoms with Crippen LogP contribution in [0.5, 0.6) is 0 Å². The zero-order chi connectivity index (χ0) is 39.7. The topological polar surface area (TPSA) is 6.48 Å². The van der Waals surface area contributed by atoms with Gasteiger partial charge >= 0.3 is 17.8 Å². The van der Waals surface area contributed by atoms with Gasteiger partial charge in [0, 0.05) is 86.3 Å². The van der Waals surface area contributed by atoms with Crippen molar-refractivity contribution < 1.29 is 26.3 Å². The van der Waals surface area contributed by atoms with Crippen molar-refractivity contribution in [3.63, 3.8) is 0 Å². The number of hydrogen-bond acceptors (Lipinski definition) is 4. The number of aryl methyl sites for hydroxylation is 2. The average molecular weight is 803 g/mol. The monoisotopic (exact) mass is 802 g/mol. The van der Waals surface area contributed by atoms with Gasteiger partial charge in [0.05, 0.1) is 0 Å². The summed E-state index contributed by atoms with van der Waals surface area (Å²) in [5, 5.41) is 0.396. The third kappa shape index (κ3) is 5.76. The first kappa shape index (κ1) is 36.8. The third-order valence-corrected chi connectivity index (χ3v) is 12.6. The first-order valence-electron chi connectivity index (χ1n) is 18.2. The van der Waals surface area contributed by atoms with Gasteiger partial charge < -0.3 is 9.80 Å². The molecule has 1 aliphatic carbocycles. The van der Waals surface area contributed by atoms with Crippen molar-refractivity contribution in [2.45, 2.75) is 31.6 Å².